The summed E-state index contributed by atoms with van der Waals surface area (Å²) in [6, 6.07) is 13.6. The molecule has 27 heavy (non-hydrogen) atoms. The Hall–Kier alpha value is -3.68. The Morgan fingerprint density at radius 1 is 1.07 bits per heavy atom. The Kier molecular flexibility index (Phi) is 5.46. The molecule has 0 atom stereocenters. The molecular weight excluding hydrogens is 350 g/mol. The standard InChI is InChI=1S/C19H17N3O5/c1-26-18(24)11-20-19(25)12-6-8-13(9-7-12)21-17(23)10-15-14-4-2-3-5-16(14)27-22-15/h2-9H,10-11H2,1H3,(H,20,25)(H,21,23). The molecule has 3 rings (SSSR count). The summed E-state index contributed by atoms with van der Waals surface area (Å²) in [7, 11) is 1.24. The van der Waals surface area contributed by atoms with E-state index in [0.29, 0.717) is 22.5 Å². The van der Waals surface area contributed by atoms with Crippen molar-refractivity contribution in [2.75, 3.05) is 19.0 Å². The third-order valence-electron chi connectivity index (χ3n) is 3.83. The molecule has 0 bridgehead atoms. The van der Waals surface area contributed by atoms with Gasteiger partial charge in [-0.25, -0.2) is 0 Å². The lowest BCUT2D eigenvalue weighted by Crippen LogP contribution is -2.30. The molecule has 0 spiro atoms. The van der Waals surface area contributed by atoms with Gasteiger partial charge in [-0.3, -0.25) is 14.4 Å². The molecule has 0 unspecified atom stereocenters. The number of rotatable bonds is 6. The van der Waals surface area contributed by atoms with Gasteiger partial charge in [-0.15, -0.1) is 0 Å². The van der Waals surface area contributed by atoms with Crippen LogP contribution < -0.4 is 10.6 Å². The predicted octanol–water partition coefficient (Wildman–Crippen LogP) is 1.91. The first-order valence-corrected chi connectivity index (χ1v) is 8.15. The number of hydrogen-bond acceptors (Lipinski definition) is 6. The first-order chi connectivity index (χ1) is 13.1. The normalized spacial score (nSPS) is 10.4. The van der Waals surface area contributed by atoms with E-state index in [4.69, 9.17) is 4.52 Å². The van der Waals surface area contributed by atoms with Crippen LogP contribution in [-0.4, -0.2) is 36.6 Å². The zero-order valence-corrected chi connectivity index (χ0v) is 14.5. The van der Waals surface area contributed by atoms with Crippen LogP contribution in [0.3, 0.4) is 0 Å². The monoisotopic (exact) mass is 367 g/mol. The van der Waals surface area contributed by atoms with Crippen molar-refractivity contribution >= 4 is 34.4 Å². The van der Waals surface area contributed by atoms with Gasteiger partial charge in [-0.05, 0) is 36.4 Å². The van der Waals surface area contributed by atoms with Crippen molar-refractivity contribution in [3.05, 3.63) is 59.8 Å². The van der Waals surface area contributed by atoms with Crippen molar-refractivity contribution in [2.45, 2.75) is 6.42 Å². The van der Waals surface area contributed by atoms with Crippen molar-refractivity contribution in [3.8, 4) is 0 Å². The maximum Gasteiger partial charge on any atom is 0.325 e. The van der Waals surface area contributed by atoms with Crippen LogP contribution in [0, 0.1) is 0 Å². The zero-order chi connectivity index (χ0) is 19.2. The van der Waals surface area contributed by atoms with Crippen molar-refractivity contribution in [1.82, 2.24) is 10.5 Å². The molecule has 1 aromatic heterocycles. The molecule has 1 heterocycles. The van der Waals surface area contributed by atoms with Gasteiger partial charge in [-0.1, -0.05) is 17.3 Å². The number of methoxy groups -OCH3 is 1. The summed E-state index contributed by atoms with van der Waals surface area (Å²) in [5.74, 6) is -1.20. The van der Waals surface area contributed by atoms with Gasteiger partial charge in [0.05, 0.1) is 13.5 Å². The fourth-order valence-electron chi connectivity index (χ4n) is 2.45. The van der Waals surface area contributed by atoms with E-state index in [-0.39, 0.29) is 18.9 Å². The summed E-state index contributed by atoms with van der Waals surface area (Å²) in [6.45, 7) is -0.209. The maximum absolute atomic E-state index is 12.2. The van der Waals surface area contributed by atoms with E-state index in [1.807, 2.05) is 18.2 Å². The average molecular weight is 367 g/mol. The van der Waals surface area contributed by atoms with Crippen molar-refractivity contribution in [1.29, 1.82) is 0 Å². The molecule has 2 N–H and O–H groups in total. The summed E-state index contributed by atoms with van der Waals surface area (Å²) < 4.78 is 9.64. The Morgan fingerprint density at radius 3 is 2.56 bits per heavy atom. The first kappa shape index (κ1) is 18.1. The summed E-state index contributed by atoms with van der Waals surface area (Å²) >= 11 is 0. The van der Waals surface area contributed by atoms with Gasteiger partial charge >= 0.3 is 5.97 Å². The molecule has 138 valence electrons. The van der Waals surface area contributed by atoms with Crippen molar-refractivity contribution in [2.24, 2.45) is 0 Å². The highest BCUT2D eigenvalue weighted by atomic mass is 16.5. The number of carbonyl (C=O) groups excluding carboxylic acids is 3. The van der Waals surface area contributed by atoms with Crippen LogP contribution in [-0.2, 0) is 20.7 Å². The third kappa shape index (κ3) is 4.49. The topological polar surface area (TPSA) is 111 Å². The van der Waals surface area contributed by atoms with Crippen molar-refractivity contribution < 1.29 is 23.6 Å². The van der Waals surface area contributed by atoms with Crippen LogP contribution in [0.25, 0.3) is 11.0 Å². The molecule has 0 radical (unpaired) electrons. The Balaban J connectivity index is 1.58. The number of amides is 2. The molecule has 0 fully saturated rings. The number of benzene rings is 2. The van der Waals surface area contributed by atoms with E-state index in [1.54, 1.807) is 30.3 Å². The quantitative estimate of drug-likeness (QED) is 0.644. The zero-order valence-electron chi connectivity index (χ0n) is 14.5. The number of para-hydroxylation sites is 1. The molecular formula is C19H17N3O5. The fourth-order valence-corrected chi connectivity index (χ4v) is 2.45. The van der Waals surface area contributed by atoms with Gasteiger partial charge in [0.25, 0.3) is 5.91 Å². The molecule has 8 heteroatoms. The highest BCUT2D eigenvalue weighted by Gasteiger charge is 2.13. The number of anilines is 1. The number of carbonyl (C=O) groups is 3. The van der Waals surface area contributed by atoms with E-state index >= 15 is 0 Å². The minimum absolute atomic E-state index is 0.0678. The number of nitrogens with zero attached hydrogens (tertiary/aromatic N) is 1. The van der Waals surface area contributed by atoms with Crippen LogP contribution in [0.2, 0.25) is 0 Å². The Bertz CT molecular complexity index is 978. The van der Waals surface area contributed by atoms with Crippen LogP contribution >= 0.6 is 0 Å². The Labute approximate surface area is 154 Å². The second-order valence-corrected chi connectivity index (χ2v) is 5.69. The largest absolute Gasteiger partial charge is 0.468 e. The number of nitrogens with one attached hydrogen (secondary N) is 2. The highest BCUT2D eigenvalue weighted by molar-refractivity contribution is 5.97. The highest BCUT2D eigenvalue weighted by Crippen LogP contribution is 2.18. The summed E-state index contributed by atoms with van der Waals surface area (Å²) in [6.07, 6.45) is 0.0678. The second kappa shape index (κ2) is 8.13. The van der Waals surface area contributed by atoms with E-state index < -0.39 is 11.9 Å². The summed E-state index contributed by atoms with van der Waals surface area (Å²) in [4.78, 5) is 35.2. The molecule has 0 aliphatic rings. The van der Waals surface area contributed by atoms with Gasteiger partial charge in [-0.2, -0.15) is 0 Å². The lowest BCUT2D eigenvalue weighted by atomic mass is 10.1. The van der Waals surface area contributed by atoms with Crippen LogP contribution in [0.15, 0.2) is 53.1 Å². The van der Waals surface area contributed by atoms with Gasteiger partial charge < -0.3 is 19.9 Å². The average Bonchev–Trinajstić information content (AvgIpc) is 3.09. The molecule has 0 saturated carbocycles. The number of hydrogen-bond donors (Lipinski definition) is 2. The number of fused-ring (bicyclic) bond motifs is 1. The number of esters is 1. The predicted molar refractivity (Wildman–Crippen MR) is 97.1 cm³/mol. The third-order valence-corrected chi connectivity index (χ3v) is 3.83. The molecule has 0 saturated heterocycles. The molecule has 3 aromatic rings. The molecule has 8 nitrogen and oxygen atoms in total. The van der Waals surface area contributed by atoms with Crippen LogP contribution in [0.5, 0.6) is 0 Å². The van der Waals surface area contributed by atoms with Crippen LogP contribution in [0.1, 0.15) is 16.1 Å². The summed E-state index contributed by atoms with van der Waals surface area (Å²) in [5, 5.41) is 9.91. The van der Waals surface area contributed by atoms with Gasteiger partial charge in [0.15, 0.2) is 5.58 Å². The molecule has 2 amide bonds. The maximum atomic E-state index is 12.2. The summed E-state index contributed by atoms with van der Waals surface area (Å²) in [5.41, 5.74) is 2.08. The number of ether oxygens (including phenoxy) is 1. The van der Waals surface area contributed by atoms with Crippen LogP contribution in [0.4, 0.5) is 5.69 Å². The van der Waals surface area contributed by atoms with Gasteiger partial charge in [0, 0.05) is 16.6 Å². The fraction of sp³-hybridized carbons (Fsp3) is 0.158. The van der Waals surface area contributed by atoms with Gasteiger partial charge in [0.2, 0.25) is 5.91 Å². The smallest absolute Gasteiger partial charge is 0.325 e. The lowest BCUT2D eigenvalue weighted by molar-refractivity contribution is -0.139. The minimum Gasteiger partial charge on any atom is -0.468 e. The van der Waals surface area contributed by atoms with E-state index in [0.717, 1.165) is 5.39 Å². The van der Waals surface area contributed by atoms with E-state index in [9.17, 15) is 14.4 Å². The van der Waals surface area contributed by atoms with E-state index in [1.165, 1.54) is 7.11 Å². The van der Waals surface area contributed by atoms with E-state index in [2.05, 4.69) is 20.5 Å². The van der Waals surface area contributed by atoms with Crippen molar-refractivity contribution in [3.63, 3.8) is 0 Å². The van der Waals surface area contributed by atoms with Gasteiger partial charge in [0.1, 0.15) is 12.2 Å². The number of aromatic nitrogens is 1. The minimum atomic E-state index is -0.535. The molecule has 0 aliphatic heterocycles. The Morgan fingerprint density at radius 2 is 1.81 bits per heavy atom. The SMILES string of the molecule is COC(=O)CNC(=O)c1ccc(NC(=O)Cc2noc3ccccc23)cc1. The lowest BCUT2D eigenvalue weighted by Gasteiger charge is -2.07. The molecule has 2 aromatic carbocycles. The molecule has 0 aliphatic carbocycles. The first-order valence-electron chi connectivity index (χ1n) is 8.15. The second-order valence-electron chi connectivity index (χ2n) is 5.69.